The van der Waals surface area contributed by atoms with Crippen LogP contribution >= 0.6 is 0 Å². The fourth-order valence-corrected chi connectivity index (χ4v) is 1.36. The van der Waals surface area contributed by atoms with E-state index >= 15 is 0 Å². The van der Waals surface area contributed by atoms with Gasteiger partial charge in [-0.15, -0.1) is 0 Å². The van der Waals surface area contributed by atoms with Crippen LogP contribution in [0, 0.1) is 0 Å². The highest BCUT2D eigenvalue weighted by atomic mass is 16.4. The number of benzene rings is 1. The van der Waals surface area contributed by atoms with Crippen LogP contribution in [-0.2, 0) is 6.42 Å². The molecule has 0 heterocycles. The van der Waals surface area contributed by atoms with Crippen LogP contribution in [0.25, 0.3) is 0 Å². The van der Waals surface area contributed by atoms with Crippen LogP contribution in [0.3, 0.4) is 0 Å². The van der Waals surface area contributed by atoms with Crippen molar-refractivity contribution in [2.75, 3.05) is 5.73 Å². The first kappa shape index (κ1) is 10.1. The summed E-state index contributed by atoms with van der Waals surface area (Å²) in [5.74, 6) is 0. The van der Waals surface area contributed by atoms with E-state index in [-0.39, 0.29) is 0 Å². The van der Waals surface area contributed by atoms with E-state index in [2.05, 4.69) is 0 Å². The average molecular weight is 179 g/mol. The minimum absolute atomic E-state index is 0.552. The third-order valence-electron chi connectivity index (χ3n) is 1.96. The van der Waals surface area contributed by atoms with Crippen molar-refractivity contribution >= 4 is 18.3 Å². The molecule has 0 spiro atoms. The number of hydrogen-bond acceptors (Lipinski definition) is 3. The minimum atomic E-state index is -1.40. The molecular formula is C9H14BNO2. The van der Waals surface area contributed by atoms with Gasteiger partial charge in [-0.25, -0.2) is 0 Å². The molecule has 0 aromatic heterocycles. The van der Waals surface area contributed by atoms with Gasteiger partial charge in [-0.05, 0) is 29.6 Å². The fourth-order valence-electron chi connectivity index (χ4n) is 1.36. The van der Waals surface area contributed by atoms with Gasteiger partial charge in [-0.2, -0.15) is 0 Å². The summed E-state index contributed by atoms with van der Waals surface area (Å²) in [6.45, 7) is 2.04. The van der Waals surface area contributed by atoms with Gasteiger partial charge in [0.05, 0.1) is 0 Å². The largest absolute Gasteiger partial charge is 0.488 e. The summed E-state index contributed by atoms with van der Waals surface area (Å²) in [4.78, 5) is 0. The molecule has 0 atom stereocenters. The van der Waals surface area contributed by atoms with Gasteiger partial charge >= 0.3 is 7.12 Å². The third kappa shape index (κ3) is 2.47. The Labute approximate surface area is 78.3 Å². The van der Waals surface area contributed by atoms with Crippen LogP contribution in [0.2, 0.25) is 0 Å². The van der Waals surface area contributed by atoms with Crippen molar-refractivity contribution in [3.63, 3.8) is 0 Å². The quantitative estimate of drug-likeness (QED) is 0.448. The van der Waals surface area contributed by atoms with E-state index in [1.165, 1.54) is 0 Å². The highest BCUT2D eigenvalue weighted by Gasteiger charge is 2.14. The Morgan fingerprint density at radius 2 is 2.08 bits per heavy atom. The lowest BCUT2D eigenvalue weighted by Crippen LogP contribution is -2.33. The van der Waals surface area contributed by atoms with E-state index in [1.54, 1.807) is 18.2 Å². The molecule has 13 heavy (non-hydrogen) atoms. The maximum atomic E-state index is 9.04. The highest BCUT2D eigenvalue weighted by Crippen LogP contribution is 2.07. The Hall–Kier alpha value is -0.995. The maximum absolute atomic E-state index is 9.04. The Bertz CT molecular complexity index is 289. The maximum Gasteiger partial charge on any atom is 0.488 e. The van der Waals surface area contributed by atoms with Gasteiger partial charge in [0.15, 0.2) is 0 Å². The van der Waals surface area contributed by atoms with Gasteiger partial charge in [-0.3, -0.25) is 0 Å². The predicted molar refractivity (Wildman–Crippen MR) is 54.7 cm³/mol. The lowest BCUT2D eigenvalue weighted by Gasteiger charge is -2.08. The van der Waals surface area contributed by atoms with Crippen molar-refractivity contribution in [3.05, 3.63) is 23.8 Å². The molecule has 1 rings (SSSR count). The molecule has 0 amide bonds. The molecule has 0 fully saturated rings. The molecule has 0 bridgehead atoms. The molecule has 1 aromatic rings. The molecule has 3 nitrogen and oxygen atoms in total. The van der Waals surface area contributed by atoms with Crippen molar-refractivity contribution in [2.45, 2.75) is 19.8 Å². The molecule has 0 aliphatic rings. The van der Waals surface area contributed by atoms with Gasteiger partial charge < -0.3 is 15.8 Å². The van der Waals surface area contributed by atoms with E-state index in [1.807, 2.05) is 6.92 Å². The Morgan fingerprint density at radius 3 is 2.62 bits per heavy atom. The summed E-state index contributed by atoms with van der Waals surface area (Å²) in [5, 5.41) is 18.1. The lowest BCUT2D eigenvalue weighted by molar-refractivity contribution is 0.425. The molecule has 70 valence electrons. The smallest absolute Gasteiger partial charge is 0.423 e. The molecule has 0 saturated heterocycles. The monoisotopic (exact) mass is 179 g/mol. The minimum Gasteiger partial charge on any atom is -0.423 e. The summed E-state index contributed by atoms with van der Waals surface area (Å²) >= 11 is 0. The van der Waals surface area contributed by atoms with Crippen LogP contribution in [0.1, 0.15) is 18.9 Å². The van der Waals surface area contributed by atoms with Gasteiger partial charge in [-0.1, -0.05) is 19.4 Å². The second-order valence-corrected chi connectivity index (χ2v) is 3.08. The first-order valence-corrected chi connectivity index (χ1v) is 4.39. The van der Waals surface area contributed by atoms with E-state index in [9.17, 15) is 0 Å². The number of aryl methyl sites for hydroxylation is 1. The lowest BCUT2D eigenvalue weighted by atomic mass is 9.76. The molecule has 0 saturated carbocycles. The van der Waals surface area contributed by atoms with Crippen LogP contribution in [0.15, 0.2) is 18.2 Å². The Balaban J connectivity index is 3.03. The second kappa shape index (κ2) is 4.30. The SMILES string of the molecule is CCCc1cc(N)ccc1B(O)O. The zero-order valence-electron chi connectivity index (χ0n) is 7.70. The molecule has 1 aromatic carbocycles. The Morgan fingerprint density at radius 1 is 1.38 bits per heavy atom. The summed E-state index contributed by atoms with van der Waals surface area (Å²) < 4.78 is 0. The summed E-state index contributed by atoms with van der Waals surface area (Å²) in [6, 6.07) is 5.12. The zero-order chi connectivity index (χ0) is 9.84. The number of anilines is 1. The third-order valence-corrected chi connectivity index (χ3v) is 1.96. The summed E-state index contributed by atoms with van der Waals surface area (Å²) in [7, 11) is -1.40. The van der Waals surface area contributed by atoms with Crippen molar-refractivity contribution in [3.8, 4) is 0 Å². The molecule has 0 radical (unpaired) electrons. The van der Waals surface area contributed by atoms with Crippen LogP contribution in [0.5, 0.6) is 0 Å². The molecule has 0 aliphatic carbocycles. The van der Waals surface area contributed by atoms with Gasteiger partial charge in [0.25, 0.3) is 0 Å². The normalized spacial score (nSPS) is 10.1. The summed E-state index contributed by atoms with van der Waals surface area (Å²) in [6.07, 6.45) is 1.78. The predicted octanol–water partition coefficient (Wildman–Crippen LogP) is -0.0989. The zero-order valence-corrected chi connectivity index (χ0v) is 7.70. The number of hydrogen-bond donors (Lipinski definition) is 3. The van der Waals surface area contributed by atoms with E-state index in [0.717, 1.165) is 18.4 Å². The Kier molecular flexibility index (Phi) is 3.34. The molecule has 4 N–H and O–H groups in total. The highest BCUT2D eigenvalue weighted by molar-refractivity contribution is 6.59. The second-order valence-electron chi connectivity index (χ2n) is 3.08. The van der Waals surface area contributed by atoms with Crippen molar-refractivity contribution < 1.29 is 10.0 Å². The first-order chi connectivity index (χ1) is 6.15. The topological polar surface area (TPSA) is 66.5 Å². The molecule has 4 heteroatoms. The molecule has 0 aliphatic heterocycles. The van der Waals surface area contributed by atoms with Crippen molar-refractivity contribution in [1.29, 1.82) is 0 Å². The fraction of sp³-hybridized carbons (Fsp3) is 0.333. The molecule has 0 unspecified atom stereocenters. The van der Waals surface area contributed by atoms with E-state index in [4.69, 9.17) is 15.8 Å². The molecular weight excluding hydrogens is 165 g/mol. The van der Waals surface area contributed by atoms with Crippen LogP contribution in [-0.4, -0.2) is 17.2 Å². The standard InChI is InChI=1S/C9H14BNO2/c1-2-3-7-6-8(11)4-5-9(7)10(12)13/h4-6,12-13H,2-3,11H2,1H3. The number of rotatable bonds is 3. The number of nitrogen functional groups attached to an aromatic ring is 1. The van der Waals surface area contributed by atoms with Crippen molar-refractivity contribution in [1.82, 2.24) is 0 Å². The number of nitrogens with two attached hydrogens (primary N) is 1. The first-order valence-electron chi connectivity index (χ1n) is 4.39. The van der Waals surface area contributed by atoms with E-state index in [0.29, 0.717) is 11.2 Å². The average Bonchev–Trinajstić information content (AvgIpc) is 2.04. The van der Waals surface area contributed by atoms with Crippen LogP contribution < -0.4 is 11.2 Å². The van der Waals surface area contributed by atoms with Gasteiger partial charge in [0, 0.05) is 5.69 Å². The van der Waals surface area contributed by atoms with Crippen molar-refractivity contribution in [2.24, 2.45) is 0 Å². The van der Waals surface area contributed by atoms with E-state index < -0.39 is 7.12 Å². The summed E-state index contributed by atoms with van der Waals surface area (Å²) in [5.41, 5.74) is 7.72. The van der Waals surface area contributed by atoms with Gasteiger partial charge in [0.1, 0.15) is 0 Å². The van der Waals surface area contributed by atoms with Gasteiger partial charge in [0.2, 0.25) is 0 Å². The van der Waals surface area contributed by atoms with Crippen LogP contribution in [0.4, 0.5) is 5.69 Å².